The van der Waals surface area contributed by atoms with Crippen molar-refractivity contribution in [3.05, 3.63) is 151 Å². The van der Waals surface area contributed by atoms with Crippen LogP contribution in [-0.4, -0.2) is 45.3 Å². The molecular formula is C42H34Br2N4O6S2. The standard InChI is InChI=1S/2C21H17BrN2O3S/c1-13-5-3-4-6-14(13)11-27-18-10-19(28-20(18)21(25)26-2)24-12-23-16-9-15(22)7-8-17(16)24;1-13-5-3-4-6-14(13)11-27-18-10-19(28-20(18)21(25)26-2)24-12-23-16-8-7-15(22)9-17(16)24/h2*3-10,12H,11H2,1-2H3. The van der Waals surface area contributed by atoms with Gasteiger partial charge in [-0.1, -0.05) is 80.4 Å². The van der Waals surface area contributed by atoms with Crippen molar-refractivity contribution in [3.63, 3.8) is 0 Å². The highest BCUT2D eigenvalue weighted by Crippen LogP contribution is 2.37. The first-order valence-electron chi connectivity index (χ1n) is 17.2. The van der Waals surface area contributed by atoms with Crippen LogP contribution in [-0.2, 0) is 22.7 Å². The Morgan fingerprint density at radius 3 is 1.62 bits per heavy atom. The zero-order valence-electron chi connectivity index (χ0n) is 30.6. The maximum atomic E-state index is 12.3. The van der Waals surface area contributed by atoms with Crippen molar-refractivity contribution in [1.82, 2.24) is 19.1 Å². The Kier molecular flexibility index (Phi) is 12.0. The molecule has 4 aromatic heterocycles. The van der Waals surface area contributed by atoms with Crippen LogP contribution in [0.5, 0.6) is 11.5 Å². The number of methoxy groups -OCH3 is 2. The molecule has 0 spiro atoms. The quantitative estimate of drug-likeness (QED) is 0.125. The summed E-state index contributed by atoms with van der Waals surface area (Å²) in [6.45, 7) is 4.83. The minimum Gasteiger partial charge on any atom is -0.487 e. The Labute approximate surface area is 347 Å². The molecule has 56 heavy (non-hydrogen) atoms. The SMILES string of the molecule is COC(=O)c1sc(-n2cnc3cc(Br)ccc32)cc1OCc1ccccc1C.COC(=O)c1sc(-n2cnc3ccc(Br)cc32)cc1OCc1ccccc1C. The number of imidazole rings is 2. The topological polar surface area (TPSA) is 107 Å². The number of esters is 2. The van der Waals surface area contributed by atoms with Gasteiger partial charge in [-0.05, 0) is 72.5 Å². The largest absolute Gasteiger partial charge is 0.487 e. The smallest absolute Gasteiger partial charge is 0.351 e. The van der Waals surface area contributed by atoms with Gasteiger partial charge >= 0.3 is 11.9 Å². The van der Waals surface area contributed by atoms with Crippen molar-refractivity contribution in [2.75, 3.05) is 14.2 Å². The van der Waals surface area contributed by atoms with E-state index >= 15 is 0 Å². The molecule has 0 amide bonds. The van der Waals surface area contributed by atoms with E-state index in [2.05, 4.69) is 41.8 Å². The van der Waals surface area contributed by atoms with Crippen LogP contribution in [0.25, 0.3) is 32.1 Å². The van der Waals surface area contributed by atoms with Crippen molar-refractivity contribution < 1.29 is 28.5 Å². The molecule has 0 aliphatic rings. The molecule has 4 heterocycles. The van der Waals surface area contributed by atoms with E-state index in [4.69, 9.17) is 18.9 Å². The lowest BCUT2D eigenvalue weighted by Gasteiger charge is -2.08. The Morgan fingerprint density at radius 1 is 0.607 bits per heavy atom. The summed E-state index contributed by atoms with van der Waals surface area (Å²) in [6.07, 6.45) is 3.49. The van der Waals surface area contributed by atoms with Gasteiger partial charge in [0.2, 0.25) is 0 Å². The first-order chi connectivity index (χ1) is 27.1. The third-order valence-electron chi connectivity index (χ3n) is 8.89. The minimum atomic E-state index is -0.415. The average molecular weight is 915 g/mol. The second-order valence-corrected chi connectivity index (χ2v) is 16.4. The lowest BCUT2D eigenvalue weighted by molar-refractivity contribution is 0.0592. The number of rotatable bonds is 10. The number of thiophene rings is 2. The fourth-order valence-electron chi connectivity index (χ4n) is 5.82. The van der Waals surface area contributed by atoms with Crippen LogP contribution in [0.3, 0.4) is 0 Å². The molecule has 284 valence electrons. The van der Waals surface area contributed by atoms with Gasteiger partial charge in [0.05, 0.1) is 36.3 Å². The van der Waals surface area contributed by atoms with Crippen LogP contribution >= 0.6 is 54.5 Å². The molecule has 0 unspecified atom stereocenters. The first-order valence-corrected chi connectivity index (χ1v) is 20.4. The number of nitrogens with zero attached hydrogens (tertiary/aromatic N) is 4. The molecule has 10 nitrogen and oxygen atoms in total. The van der Waals surface area contributed by atoms with E-state index in [0.29, 0.717) is 34.5 Å². The second-order valence-electron chi connectivity index (χ2n) is 12.5. The highest BCUT2D eigenvalue weighted by atomic mass is 79.9. The molecule has 0 saturated carbocycles. The van der Waals surface area contributed by atoms with Gasteiger partial charge in [0.1, 0.15) is 47.4 Å². The fraction of sp³-hybridized carbons (Fsp3) is 0.143. The van der Waals surface area contributed by atoms with Gasteiger partial charge in [0.25, 0.3) is 0 Å². The zero-order chi connectivity index (χ0) is 39.3. The van der Waals surface area contributed by atoms with E-state index in [-0.39, 0.29) is 0 Å². The van der Waals surface area contributed by atoms with Crippen LogP contribution < -0.4 is 9.47 Å². The second kappa shape index (κ2) is 17.2. The number of aromatic nitrogens is 4. The number of carbonyl (C=O) groups is 2. The van der Waals surface area contributed by atoms with E-state index < -0.39 is 11.9 Å². The molecule has 0 N–H and O–H groups in total. The summed E-state index contributed by atoms with van der Waals surface area (Å²) in [4.78, 5) is 34.3. The van der Waals surface area contributed by atoms with E-state index in [0.717, 1.165) is 63.3 Å². The Hall–Kier alpha value is -5.28. The van der Waals surface area contributed by atoms with E-state index in [1.165, 1.54) is 36.9 Å². The van der Waals surface area contributed by atoms with E-state index in [1.54, 1.807) is 12.7 Å². The Balaban J connectivity index is 0.000000172. The number of aryl methyl sites for hydroxylation is 2. The van der Waals surface area contributed by atoms with Gasteiger partial charge in [-0.25, -0.2) is 19.6 Å². The molecule has 0 saturated heterocycles. The van der Waals surface area contributed by atoms with Gasteiger partial charge in [0.15, 0.2) is 9.75 Å². The fourth-order valence-corrected chi connectivity index (χ4v) is 8.52. The maximum Gasteiger partial charge on any atom is 0.351 e. The third kappa shape index (κ3) is 8.43. The summed E-state index contributed by atoms with van der Waals surface area (Å²) in [5.41, 5.74) is 8.06. The van der Waals surface area contributed by atoms with Crippen LogP contribution in [0.1, 0.15) is 41.6 Å². The number of hydrogen-bond acceptors (Lipinski definition) is 10. The molecule has 0 bridgehead atoms. The van der Waals surface area contributed by atoms with Crippen molar-refractivity contribution >= 4 is 88.5 Å². The summed E-state index contributed by atoms with van der Waals surface area (Å²) < 4.78 is 27.7. The molecule has 0 aliphatic heterocycles. The lowest BCUT2D eigenvalue weighted by Crippen LogP contribution is -2.03. The summed E-state index contributed by atoms with van der Waals surface area (Å²) in [6, 6.07) is 31.5. The van der Waals surface area contributed by atoms with E-state index in [9.17, 15) is 9.59 Å². The maximum absolute atomic E-state index is 12.3. The number of ether oxygens (including phenoxy) is 4. The van der Waals surface area contributed by atoms with Gasteiger partial charge in [-0.2, -0.15) is 0 Å². The summed E-state index contributed by atoms with van der Waals surface area (Å²) in [5.74, 6) is 0.186. The van der Waals surface area contributed by atoms with Gasteiger partial charge in [-0.3, -0.25) is 9.13 Å². The summed E-state index contributed by atoms with van der Waals surface area (Å²) in [5, 5.41) is 1.67. The van der Waals surface area contributed by atoms with Crippen LogP contribution in [0.15, 0.2) is 119 Å². The highest BCUT2D eigenvalue weighted by Gasteiger charge is 2.22. The molecule has 0 aliphatic carbocycles. The average Bonchev–Trinajstić information content (AvgIpc) is 4.01. The monoisotopic (exact) mass is 912 g/mol. The number of hydrogen-bond donors (Lipinski definition) is 0. The van der Waals surface area contributed by atoms with Crippen molar-refractivity contribution in [3.8, 4) is 21.5 Å². The predicted octanol–water partition coefficient (Wildman–Crippen LogP) is 11.0. The lowest BCUT2D eigenvalue weighted by atomic mass is 10.1. The molecule has 0 radical (unpaired) electrons. The normalized spacial score (nSPS) is 11.0. The number of fused-ring (bicyclic) bond motifs is 2. The van der Waals surface area contributed by atoms with Crippen LogP contribution in [0.4, 0.5) is 0 Å². The predicted molar refractivity (Wildman–Crippen MR) is 227 cm³/mol. The highest BCUT2D eigenvalue weighted by molar-refractivity contribution is 9.10. The van der Waals surface area contributed by atoms with E-state index in [1.807, 2.05) is 120 Å². The molecule has 14 heteroatoms. The zero-order valence-corrected chi connectivity index (χ0v) is 35.4. The molecule has 8 aromatic rings. The Bertz CT molecular complexity index is 2700. The Morgan fingerprint density at radius 2 is 1.09 bits per heavy atom. The van der Waals surface area contributed by atoms with Gasteiger partial charge in [0, 0.05) is 21.1 Å². The third-order valence-corrected chi connectivity index (χ3v) is 12.1. The molecule has 4 aromatic carbocycles. The first kappa shape index (κ1) is 39.0. The number of benzene rings is 4. The van der Waals surface area contributed by atoms with Gasteiger partial charge in [-0.15, -0.1) is 22.7 Å². The number of halogens is 2. The number of carbonyl (C=O) groups excluding carboxylic acids is 2. The molecule has 0 atom stereocenters. The van der Waals surface area contributed by atoms with Crippen molar-refractivity contribution in [2.45, 2.75) is 27.1 Å². The van der Waals surface area contributed by atoms with Crippen LogP contribution in [0.2, 0.25) is 0 Å². The molecular weight excluding hydrogens is 880 g/mol. The minimum absolute atomic E-state index is 0.378. The van der Waals surface area contributed by atoms with Crippen LogP contribution in [0, 0.1) is 13.8 Å². The van der Waals surface area contributed by atoms with Crippen molar-refractivity contribution in [1.29, 1.82) is 0 Å². The molecule has 0 fully saturated rings. The molecule has 8 rings (SSSR count). The summed E-state index contributed by atoms with van der Waals surface area (Å²) >= 11 is 9.60. The summed E-state index contributed by atoms with van der Waals surface area (Å²) in [7, 11) is 2.74. The van der Waals surface area contributed by atoms with Crippen molar-refractivity contribution in [2.24, 2.45) is 0 Å². The van der Waals surface area contributed by atoms with Gasteiger partial charge < -0.3 is 18.9 Å².